The first kappa shape index (κ1) is 24.6. The Morgan fingerprint density at radius 1 is 0.882 bits per heavy atom. The van der Waals surface area contributed by atoms with Crippen molar-refractivity contribution in [2.45, 2.75) is 26.3 Å². The van der Waals surface area contributed by atoms with Gasteiger partial charge >= 0.3 is 5.97 Å². The predicted octanol–water partition coefficient (Wildman–Crippen LogP) is 5.08. The molecule has 3 aromatic rings. The van der Waals surface area contributed by atoms with Gasteiger partial charge in [-0.1, -0.05) is 30.3 Å². The molecule has 7 heteroatoms. The van der Waals surface area contributed by atoms with E-state index in [1.54, 1.807) is 64.2 Å². The van der Waals surface area contributed by atoms with Gasteiger partial charge in [-0.2, -0.15) is 0 Å². The number of hydrogen-bond acceptors (Lipinski definition) is 4. The number of aryl methyl sites for hydroxylation is 1. The van der Waals surface area contributed by atoms with Gasteiger partial charge in [-0.25, -0.2) is 9.18 Å². The molecule has 0 saturated heterocycles. The Morgan fingerprint density at radius 2 is 1.41 bits per heavy atom. The van der Waals surface area contributed by atoms with E-state index in [0.717, 1.165) is 11.1 Å². The molecule has 0 saturated carbocycles. The predicted molar refractivity (Wildman–Crippen MR) is 129 cm³/mol. The summed E-state index contributed by atoms with van der Waals surface area (Å²) in [6.45, 7) is 4.89. The molecule has 0 spiro atoms. The molecule has 2 amide bonds. The summed E-state index contributed by atoms with van der Waals surface area (Å²) in [5.74, 6) is -1.62. The average Bonchev–Trinajstić information content (AvgIpc) is 2.84. The Morgan fingerprint density at radius 3 is 1.94 bits per heavy atom. The number of hydrogen-bond donors (Lipinski definition) is 1. The van der Waals surface area contributed by atoms with Crippen molar-refractivity contribution < 1.29 is 23.5 Å². The van der Waals surface area contributed by atoms with Gasteiger partial charge in [0.15, 0.2) is 0 Å². The van der Waals surface area contributed by atoms with Crippen LogP contribution in [0.15, 0.2) is 66.7 Å². The van der Waals surface area contributed by atoms with Crippen molar-refractivity contribution in [3.05, 3.63) is 89.2 Å². The second-order valence-corrected chi connectivity index (χ2v) is 8.49. The van der Waals surface area contributed by atoms with Crippen LogP contribution in [0.3, 0.4) is 0 Å². The fraction of sp³-hybridized carbons (Fsp3) is 0.222. The number of anilines is 1. The van der Waals surface area contributed by atoms with Crippen molar-refractivity contribution in [2.24, 2.45) is 0 Å². The summed E-state index contributed by atoms with van der Waals surface area (Å²) in [5.41, 5.74) is 2.41. The minimum absolute atomic E-state index is 0.243. The van der Waals surface area contributed by atoms with Crippen LogP contribution in [0.1, 0.15) is 40.1 Å². The zero-order chi connectivity index (χ0) is 25.0. The van der Waals surface area contributed by atoms with Crippen LogP contribution in [-0.4, -0.2) is 42.4 Å². The summed E-state index contributed by atoms with van der Waals surface area (Å²) in [6, 6.07) is 18.6. The summed E-state index contributed by atoms with van der Waals surface area (Å²) < 4.78 is 18.5. The molecule has 0 aliphatic carbocycles. The number of ether oxygens (including phenoxy) is 1. The Labute approximate surface area is 198 Å². The molecule has 0 radical (unpaired) electrons. The van der Waals surface area contributed by atoms with Crippen LogP contribution in [-0.2, 0) is 9.53 Å². The third-order valence-corrected chi connectivity index (χ3v) is 5.87. The maximum atomic E-state index is 13.7. The summed E-state index contributed by atoms with van der Waals surface area (Å²) in [5, 5.41) is 2.75. The highest BCUT2D eigenvalue weighted by atomic mass is 19.1. The largest absolute Gasteiger partial charge is 0.467 e. The quantitative estimate of drug-likeness (QED) is 0.519. The van der Waals surface area contributed by atoms with Crippen LogP contribution in [0.2, 0.25) is 0 Å². The van der Waals surface area contributed by atoms with E-state index in [9.17, 15) is 18.8 Å². The lowest BCUT2D eigenvalue weighted by molar-refractivity contribution is -0.150. The Kier molecular flexibility index (Phi) is 7.15. The first-order valence-corrected chi connectivity index (χ1v) is 10.7. The van der Waals surface area contributed by atoms with Crippen molar-refractivity contribution in [1.82, 2.24) is 4.90 Å². The van der Waals surface area contributed by atoms with E-state index in [2.05, 4.69) is 5.32 Å². The highest BCUT2D eigenvalue weighted by Crippen LogP contribution is 2.24. The number of carbonyl (C=O) groups excluding carboxylic acids is 3. The number of halogens is 1. The standard InChI is InChI=1S/C27H27FN2O4/c1-17-6-7-21(16-23(17)28)24(31)29-22-14-12-19(13-15-22)18-8-10-20(11-9-18)25(32)30(4)27(2,3)26(33)34-5/h6-16H,1-5H3,(H,29,31). The molecule has 3 aromatic carbocycles. The molecule has 0 atom stereocenters. The molecule has 0 fully saturated rings. The van der Waals surface area contributed by atoms with E-state index in [0.29, 0.717) is 16.8 Å². The number of rotatable bonds is 6. The zero-order valence-electron chi connectivity index (χ0n) is 19.8. The van der Waals surface area contributed by atoms with Crippen LogP contribution >= 0.6 is 0 Å². The van der Waals surface area contributed by atoms with Gasteiger partial charge in [0.2, 0.25) is 0 Å². The van der Waals surface area contributed by atoms with Gasteiger partial charge in [-0.15, -0.1) is 0 Å². The molecule has 0 unspecified atom stereocenters. The van der Waals surface area contributed by atoms with Crippen LogP contribution < -0.4 is 5.32 Å². The van der Waals surface area contributed by atoms with Gasteiger partial charge in [-0.05, 0) is 73.9 Å². The fourth-order valence-electron chi connectivity index (χ4n) is 3.32. The van der Waals surface area contributed by atoms with Crippen molar-refractivity contribution in [3.8, 4) is 11.1 Å². The van der Waals surface area contributed by atoms with E-state index in [-0.39, 0.29) is 11.5 Å². The average molecular weight is 463 g/mol. The first-order chi connectivity index (χ1) is 16.0. The first-order valence-electron chi connectivity index (χ1n) is 10.7. The molecule has 1 N–H and O–H groups in total. The summed E-state index contributed by atoms with van der Waals surface area (Å²) in [7, 11) is 2.85. The van der Waals surface area contributed by atoms with Gasteiger partial charge in [0.1, 0.15) is 11.4 Å². The van der Waals surface area contributed by atoms with E-state index >= 15 is 0 Å². The van der Waals surface area contributed by atoms with E-state index in [1.165, 1.54) is 18.1 Å². The summed E-state index contributed by atoms with van der Waals surface area (Å²) in [6.07, 6.45) is 0. The molecule has 0 heterocycles. The monoisotopic (exact) mass is 462 g/mol. The zero-order valence-corrected chi connectivity index (χ0v) is 19.8. The molecule has 176 valence electrons. The number of likely N-dealkylation sites (N-methyl/N-ethyl adjacent to an activating group) is 1. The molecule has 34 heavy (non-hydrogen) atoms. The molecule has 0 aliphatic rings. The second kappa shape index (κ2) is 9.87. The lowest BCUT2D eigenvalue weighted by atomic mass is 10.0. The van der Waals surface area contributed by atoms with Gasteiger partial charge in [0.25, 0.3) is 11.8 Å². The molecule has 3 rings (SSSR count). The Bertz CT molecular complexity index is 1220. The maximum absolute atomic E-state index is 13.7. The van der Waals surface area contributed by atoms with E-state index in [1.807, 2.05) is 24.3 Å². The van der Waals surface area contributed by atoms with E-state index in [4.69, 9.17) is 4.74 Å². The smallest absolute Gasteiger partial charge is 0.331 e. The number of amides is 2. The third-order valence-electron chi connectivity index (χ3n) is 5.87. The number of carbonyl (C=O) groups is 3. The lowest BCUT2D eigenvalue weighted by Gasteiger charge is -2.32. The van der Waals surface area contributed by atoms with E-state index < -0.39 is 23.2 Å². The molecule has 0 aromatic heterocycles. The second-order valence-electron chi connectivity index (χ2n) is 8.49. The summed E-state index contributed by atoms with van der Waals surface area (Å²) in [4.78, 5) is 38.5. The van der Waals surface area contributed by atoms with Gasteiger partial charge in [0.05, 0.1) is 7.11 Å². The van der Waals surface area contributed by atoms with Crippen LogP contribution in [0.4, 0.5) is 10.1 Å². The number of nitrogens with zero attached hydrogens (tertiary/aromatic N) is 1. The Balaban J connectivity index is 1.70. The van der Waals surface area contributed by atoms with Crippen molar-refractivity contribution in [1.29, 1.82) is 0 Å². The van der Waals surface area contributed by atoms with Crippen LogP contribution in [0.25, 0.3) is 11.1 Å². The molecular weight excluding hydrogens is 435 g/mol. The number of benzene rings is 3. The lowest BCUT2D eigenvalue weighted by Crippen LogP contribution is -2.51. The minimum Gasteiger partial charge on any atom is -0.467 e. The van der Waals surface area contributed by atoms with Crippen LogP contribution in [0.5, 0.6) is 0 Å². The highest BCUT2D eigenvalue weighted by Gasteiger charge is 2.36. The van der Waals surface area contributed by atoms with Crippen molar-refractivity contribution in [3.63, 3.8) is 0 Å². The molecular formula is C27H27FN2O4. The van der Waals surface area contributed by atoms with Crippen molar-refractivity contribution in [2.75, 3.05) is 19.5 Å². The van der Waals surface area contributed by atoms with Crippen molar-refractivity contribution >= 4 is 23.5 Å². The number of esters is 1. The number of methoxy groups -OCH3 is 1. The summed E-state index contributed by atoms with van der Waals surface area (Å²) >= 11 is 0. The SMILES string of the molecule is COC(=O)C(C)(C)N(C)C(=O)c1ccc(-c2ccc(NC(=O)c3ccc(C)c(F)c3)cc2)cc1. The fourth-order valence-corrected chi connectivity index (χ4v) is 3.32. The Hall–Kier alpha value is -4.00. The third kappa shape index (κ3) is 5.14. The number of nitrogens with one attached hydrogen (secondary N) is 1. The molecule has 6 nitrogen and oxygen atoms in total. The van der Waals surface area contributed by atoms with Gasteiger partial charge in [-0.3, -0.25) is 9.59 Å². The van der Waals surface area contributed by atoms with Gasteiger partial charge < -0.3 is 15.0 Å². The van der Waals surface area contributed by atoms with Gasteiger partial charge in [0, 0.05) is 23.9 Å². The maximum Gasteiger partial charge on any atom is 0.331 e. The topological polar surface area (TPSA) is 75.7 Å². The molecule has 0 bridgehead atoms. The highest BCUT2D eigenvalue weighted by molar-refractivity contribution is 6.04. The minimum atomic E-state index is -1.10. The van der Waals surface area contributed by atoms with Crippen LogP contribution in [0, 0.1) is 12.7 Å². The molecule has 0 aliphatic heterocycles. The normalized spacial score (nSPS) is 11.0.